The van der Waals surface area contributed by atoms with Crippen molar-refractivity contribution in [3.63, 3.8) is 0 Å². The van der Waals surface area contributed by atoms with Crippen LogP contribution in [0.1, 0.15) is 30.1 Å². The van der Waals surface area contributed by atoms with Crippen LogP contribution in [0.4, 0.5) is 14.9 Å². The van der Waals surface area contributed by atoms with Crippen LogP contribution in [0.25, 0.3) is 0 Å². The molecule has 3 N–H and O–H groups in total. The number of rotatable bonds is 5. The number of carbonyl (C=O) groups is 2. The molecule has 5 nitrogen and oxygen atoms in total. The number of aromatic carboxylic acids is 1. The van der Waals surface area contributed by atoms with Crippen LogP contribution < -0.4 is 10.6 Å². The number of urea groups is 1. The van der Waals surface area contributed by atoms with E-state index in [9.17, 15) is 14.0 Å². The topological polar surface area (TPSA) is 78.4 Å². The molecule has 0 saturated carbocycles. The third kappa shape index (κ3) is 4.04. The highest BCUT2D eigenvalue weighted by atomic mass is 19.1. The Morgan fingerprint density at radius 3 is 2.72 bits per heavy atom. The minimum Gasteiger partial charge on any atom is -0.478 e. The molecule has 2 amide bonds. The monoisotopic (exact) mass is 254 g/mol. The molecule has 0 aliphatic carbocycles. The summed E-state index contributed by atoms with van der Waals surface area (Å²) in [5, 5.41) is 13.8. The van der Waals surface area contributed by atoms with Gasteiger partial charge in [0.05, 0.1) is 11.3 Å². The lowest BCUT2D eigenvalue weighted by Gasteiger charge is -2.09. The van der Waals surface area contributed by atoms with Crippen LogP contribution >= 0.6 is 0 Å². The molecule has 0 spiro atoms. The molecule has 0 aliphatic heterocycles. The molecule has 1 aromatic rings. The Morgan fingerprint density at radius 1 is 1.39 bits per heavy atom. The minimum absolute atomic E-state index is 0.0588. The Morgan fingerprint density at radius 2 is 2.11 bits per heavy atom. The maximum Gasteiger partial charge on any atom is 0.337 e. The first kappa shape index (κ1) is 14.0. The lowest BCUT2D eigenvalue weighted by molar-refractivity contribution is 0.0698. The summed E-state index contributed by atoms with van der Waals surface area (Å²) < 4.78 is 13.0. The van der Waals surface area contributed by atoms with Crippen molar-refractivity contribution in [1.82, 2.24) is 5.32 Å². The standard InChI is InChI=1S/C12H15FN2O3/c1-2-3-6-14-12(18)15-10-7-8(13)4-5-9(10)11(16)17/h4-5,7H,2-3,6H2,1H3,(H,16,17)(H2,14,15,18). The maximum absolute atomic E-state index is 13.0. The van der Waals surface area contributed by atoms with Gasteiger partial charge in [0, 0.05) is 6.54 Å². The molecule has 0 aliphatic rings. The lowest BCUT2D eigenvalue weighted by atomic mass is 10.2. The third-order valence-corrected chi connectivity index (χ3v) is 2.28. The molecule has 0 heterocycles. The van der Waals surface area contributed by atoms with Gasteiger partial charge >= 0.3 is 12.0 Å². The maximum atomic E-state index is 13.0. The number of halogens is 1. The average molecular weight is 254 g/mol. The number of carbonyl (C=O) groups excluding carboxylic acids is 1. The number of hydrogen-bond acceptors (Lipinski definition) is 2. The van der Waals surface area contributed by atoms with Crippen LogP contribution in [-0.4, -0.2) is 23.7 Å². The first-order valence-corrected chi connectivity index (χ1v) is 5.62. The predicted octanol–water partition coefficient (Wildman–Crippen LogP) is 2.45. The van der Waals surface area contributed by atoms with Gasteiger partial charge in [-0.2, -0.15) is 0 Å². The van der Waals surface area contributed by atoms with Crippen LogP contribution in [0.2, 0.25) is 0 Å². The molecule has 0 atom stereocenters. The van der Waals surface area contributed by atoms with Crippen molar-refractivity contribution in [2.75, 3.05) is 11.9 Å². The Kier molecular flexibility index (Phi) is 5.10. The summed E-state index contributed by atoms with van der Waals surface area (Å²) in [5.74, 6) is -1.83. The Balaban J connectivity index is 2.73. The zero-order valence-electron chi connectivity index (χ0n) is 10.00. The number of amides is 2. The number of unbranched alkanes of at least 4 members (excludes halogenated alkanes) is 1. The van der Waals surface area contributed by atoms with E-state index in [1.54, 1.807) is 0 Å². The predicted molar refractivity (Wildman–Crippen MR) is 65.3 cm³/mol. The van der Waals surface area contributed by atoms with E-state index in [0.29, 0.717) is 6.54 Å². The molecule has 98 valence electrons. The first-order chi connectivity index (χ1) is 8.54. The highest BCUT2D eigenvalue weighted by Crippen LogP contribution is 2.17. The van der Waals surface area contributed by atoms with Gasteiger partial charge in [-0.3, -0.25) is 0 Å². The van der Waals surface area contributed by atoms with Gasteiger partial charge in [0.15, 0.2) is 0 Å². The van der Waals surface area contributed by atoms with E-state index in [-0.39, 0.29) is 11.3 Å². The van der Waals surface area contributed by atoms with Crippen molar-refractivity contribution in [2.45, 2.75) is 19.8 Å². The summed E-state index contributed by atoms with van der Waals surface area (Å²) in [5.41, 5.74) is -0.210. The van der Waals surface area contributed by atoms with E-state index < -0.39 is 17.8 Å². The van der Waals surface area contributed by atoms with Crippen molar-refractivity contribution >= 4 is 17.7 Å². The molecule has 0 radical (unpaired) electrons. The average Bonchev–Trinajstić information content (AvgIpc) is 2.29. The highest BCUT2D eigenvalue weighted by molar-refractivity contribution is 5.99. The molecule has 0 aromatic heterocycles. The van der Waals surface area contributed by atoms with Gasteiger partial charge in [0.25, 0.3) is 0 Å². The van der Waals surface area contributed by atoms with Crippen molar-refractivity contribution in [3.8, 4) is 0 Å². The van der Waals surface area contributed by atoms with Crippen molar-refractivity contribution in [2.24, 2.45) is 0 Å². The minimum atomic E-state index is -1.22. The largest absolute Gasteiger partial charge is 0.478 e. The molecule has 0 saturated heterocycles. The Hall–Kier alpha value is -2.11. The molecule has 18 heavy (non-hydrogen) atoms. The summed E-state index contributed by atoms with van der Waals surface area (Å²) in [6, 6.07) is 2.57. The molecular weight excluding hydrogens is 239 g/mol. The number of nitrogens with one attached hydrogen (secondary N) is 2. The van der Waals surface area contributed by atoms with Gasteiger partial charge in [-0.15, -0.1) is 0 Å². The normalized spacial score (nSPS) is 9.89. The summed E-state index contributed by atoms with van der Waals surface area (Å²) in [6.07, 6.45) is 1.75. The number of benzene rings is 1. The first-order valence-electron chi connectivity index (χ1n) is 5.62. The van der Waals surface area contributed by atoms with Crippen LogP contribution in [0, 0.1) is 5.82 Å². The van der Waals surface area contributed by atoms with Crippen LogP contribution in [0.3, 0.4) is 0 Å². The van der Waals surface area contributed by atoms with Crippen molar-refractivity contribution < 1.29 is 19.1 Å². The zero-order chi connectivity index (χ0) is 13.5. The quantitative estimate of drug-likeness (QED) is 0.706. The van der Waals surface area contributed by atoms with E-state index >= 15 is 0 Å². The smallest absolute Gasteiger partial charge is 0.337 e. The summed E-state index contributed by atoms with van der Waals surface area (Å²) in [6.45, 7) is 2.47. The second kappa shape index (κ2) is 6.58. The number of carboxylic acids is 1. The fraction of sp³-hybridized carbons (Fsp3) is 0.333. The molecule has 0 fully saturated rings. The fourth-order valence-corrected chi connectivity index (χ4v) is 1.35. The van der Waals surface area contributed by atoms with Gasteiger partial charge in [-0.05, 0) is 24.6 Å². The van der Waals surface area contributed by atoms with Crippen molar-refractivity contribution in [3.05, 3.63) is 29.6 Å². The SMILES string of the molecule is CCCCNC(=O)Nc1cc(F)ccc1C(=O)O. The number of carboxylic acid groups (broad SMARTS) is 1. The third-order valence-electron chi connectivity index (χ3n) is 2.28. The molecule has 0 unspecified atom stereocenters. The highest BCUT2D eigenvalue weighted by Gasteiger charge is 2.12. The van der Waals surface area contributed by atoms with Gasteiger partial charge in [-0.1, -0.05) is 13.3 Å². The van der Waals surface area contributed by atoms with E-state index in [1.165, 1.54) is 0 Å². The van der Waals surface area contributed by atoms with E-state index in [1.807, 2.05) is 6.92 Å². The van der Waals surface area contributed by atoms with Crippen LogP contribution in [0.15, 0.2) is 18.2 Å². The van der Waals surface area contributed by atoms with Gasteiger partial charge < -0.3 is 15.7 Å². The lowest BCUT2D eigenvalue weighted by Crippen LogP contribution is -2.30. The molecular formula is C12H15FN2O3. The van der Waals surface area contributed by atoms with E-state index in [4.69, 9.17) is 5.11 Å². The number of anilines is 1. The summed E-state index contributed by atoms with van der Waals surface area (Å²) in [4.78, 5) is 22.3. The second-order valence-corrected chi connectivity index (χ2v) is 3.73. The van der Waals surface area contributed by atoms with Gasteiger partial charge in [0.1, 0.15) is 5.82 Å². The zero-order valence-corrected chi connectivity index (χ0v) is 10.00. The molecule has 1 rings (SSSR count). The molecule has 1 aromatic carbocycles. The Labute approximate surface area is 104 Å². The van der Waals surface area contributed by atoms with Crippen molar-refractivity contribution in [1.29, 1.82) is 0 Å². The summed E-state index contributed by atoms with van der Waals surface area (Å²) >= 11 is 0. The van der Waals surface area contributed by atoms with E-state index in [2.05, 4.69) is 10.6 Å². The molecule has 0 bridgehead atoms. The van der Waals surface area contributed by atoms with Crippen LogP contribution in [-0.2, 0) is 0 Å². The Bertz CT molecular complexity index is 449. The second-order valence-electron chi connectivity index (χ2n) is 3.73. The number of hydrogen-bond donors (Lipinski definition) is 3. The summed E-state index contributed by atoms with van der Waals surface area (Å²) in [7, 11) is 0. The van der Waals surface area contributed by atoms with Gasteiger partial charge in [0.2, 0.25) is 0 Å². The van der Waals surface area contributed by atoms with Crippen LogP contribution in [0.5, 0.6) is 0 Å². The fourth-order valence-electron chi connectivity index (χ4n) is 1.35. The van der Waals surface area contributed by atoms with Gasteiger partial charge in [-0.25, -0.2) is 14.0 Å². The van der Waals surface area contributed by atoms with E-state index in [0.717, 1.165) is 31.0 Å². The molecule has 6 heteroatoms.